The predicted octanol–water partition coefficient (Wildman–Crippen LogP) is 0.705. The standard InChI is InChI=1S/C17H23N3O6S/c1-11-6-12(2)9-20(8-11)27(24,25)14-5-3-4-13(7-14)16(22)26-10-15(21)19-17(18)23/h3-5,7,11-12H,6,8-10H2,1-2H3,(H3,18,19,21,23)/t11-,12-/m0/s1. The van der Waals surface area contributed by atoms with Crippen molar-refractivity contribution in [2.45, 2.75) is 25.2 Å². The first-order valence-electron chi connectivity index (χ1n) is 8.46. The van der Waals surface area contributed by atoms with Crippen molar-refractivity contribution in [3.63, 3.8) is 0 Å². The lowest BCUT2D eigenvalue weighted by Crippen LogP contribution is -2.42. The van der Waals surface area contributed by atoms with Crippen LogP contribution in [0.4, 0.5) is 4.79 Å². The van der Waals surface area contributed by atoms with Crippen molar-refractivity contribution in [2.75, 3.05) is 19.7 Å². The van der Waals surface area contributed by atoms with Crippen LogP contribution in [0.3, 0.4) is 0 Å². The van der Waals surface area contributed by atoms with Crippen molar-refractivity contribution < 1.29 is 27.5 Å². The fourth-order valence-corrected chi connectivity index (χ4v) is 4.85. The van der Waals surface area contributed by atoms with Crippen LogP contribution in [0.25, 0.3) is 0 Å². The van der Waals surface area contributed by atoms with Gasteiger partial charge in [-0.05, 0) is 36.5 Å². The summed E-state index contributed by atoms with van der Waals surface area (Å²) in [6.45, 7) is 4.15. The molecule has 1 aliphatic heterocycles. The van der Waals surface area contributed by atoms with Gasteiger partial charge in [0.05, 0.1) is 10.5 Å². The first-order valence-corrected chi connectivity index (χ1v) is 9.90. The second-order valence-corrected chi connectivity index (χ2v) is 8.72. The SMILES string of the molecule is C[C@H]1C[C@H](C)CN(S(=O)(=O)c2cccc(C(=O)OCC(=O)NC(N)=O)c2)C1. The highest BCUT2D eigenvalue weighted by Gasteiger charge is 2.32. The van der Waals surface area contributed by atoms with Crippen molar-refractivity contribution in [3.8, 4) is 0 Å². The summed E-state index contributed by atoms with van der Waals surface area (Å²) in [6.07, 6.45) is 0.964. The molecule has 0 unspecified atom stereocenters. The molecule has 0 bridgehead atoms. The number of rotatable bonds is 5. The number of carbonyl (C=O) groups is 3. The van der Waals surface area contributed by atoms with Crippen molar-refractivity contribution in [1.29, 1.82) is 0 Å². The summed E-state index contributed by atoms with van der Waals surface area (Å²) >= 11 is 0. The third-order valence-corrected chi connectivity index (χ3v) is 5.97. The number of nitrogens with one attached hydrogen (secondary N) is 1. The van der Waals surface area contributed by atoms with Crippen LogP contribution in [-0.4, -0.2) is 50.3 Å². The van der Waals surface area contributed by atoms with Crippen LogP contribution in [0.2, 0.25) is 0 Å². The van der Waals surface area contributed by atoms with Gasteiger partial charge in [0.2, 0.25) is 10.0 Å². The Morgan fingerprint density at radius 1 is 1.22 bits per heavy atom. The third kappa shape index (κ3) is 5.51. The summed E-state index contributed by atoms with van der Waals surface area (Å²) in [5.74, 6) is -1.26. The first kappa shape index (κ1) is 20.8. The zero-order valence-electron chi connectivity index (χ0n) is 15.2. The number of nitrogens with two attached hydrogens (primary N) is 1. The van der Waals surface area contributed by atoms with Gasteiger partial charge < -0.3 is 10.5 Å². The molecule has 148 valence electrons. The minimum Gasteiger partial charge on any atom is -0.452 e. The van der Waals surface area contributed by atoms with Crippen LogP contribution >= 0.6 is 0 Å². The second-order valence-electron chi connectivity index (χ2n) is 6.78. The van der Waals surface area contributed by atoms with Crippen LogP contribution < -0.4 is 11.1 Å². The maximum absolute atomic E-state index is 12.9. The minimum absolute atomic E-state index is 0.0129. The van der Waals surface area contributed by atoms with Crippen LogP contribution in [-0.2, 0) is 19.6 Å². The molecule has 9 nitrogen and oxygen atoms in total. The average molecular weight is 397 g/mol. The van der Waals surface area contributed by atoms with Gasteiger partial charge in [-0.1, -0.05) is 19.9 Å². The maximum Gasteiger partial charge on any atom is 0.338 e. The summed E-state index contributed by atoms with van der Waals surface area (Å²) in [6, 6.07) is 4.39. The second kappa shape index (κ2) is 8.49. The van der Waals surface area contributed by atoms with Gasteiger partial charge >= 0.3 is 12.0 Å². The largest absolute Gasteiger partial charge is 0.452 e. The van der Waals surface area contributed by atoms with Gasteiger partial charge in [0, 0.05) is 13.1 Å². The molecule has 3 amide bonds. The number of imide groups is 1. The molecule has 10 heteroatoms. The number of nitrogens with zero attached hydrogens (tertiary/aromatic N) is 1. The number of amides is 3. The molecule has 2 atom stereocenters. The van der Waals surface area contributed by atoms with Gasteiger partial charge in [-0.25, -0.2) is 18.0 Å². The molecule has 1 fully saturated rings. The van der Waals surface area contributed by atoms with Gasteiger partial charge in [0.15, 0.2) is 6.61 Å². The number of carbonyl (C=O) groups excluding carboxylic acids is 3. The van der Waals surface area contributed by atoms with E-state index in [9.17, 15) is 22.8 Å². The van der Waals surface area contributed by atoms with E-state index in [0.29, 0.717) is 13.1 Å². The van der Waals surface area contributed by atoms with Gasteiger partial charge in [-0.15, -0.1) is 0 Å². The molecule has 27 heavy (non-hydrogen) atoms. The minimum atomic E-state index is -3.75. The number of piperidine rings is 1. The maximum atomic E-state index is 12.9. The predicted molar refractivity (Wildman–Crippen MR) is 96.2 cm³/mol. The highest BCUT2D eigenvalue weighted by molar-refractivity contribution is 7.89. The summed E-state index contributed by atoms with van der Waals surface area (Å²) < 4.78 is 32.0. The number of hydrogen-bond acceptors (Lipinski definition) is 6. The van der Waals surface area contributed by atoms with Crippen LogP contribution in [0.1, 0.15) is 30.6 Å². The van der Waals surface area contributed by atoms with Crippen LogP contribution in [0, 0.1) is 11.8 Å². The molecule has 0 aliphatic carbocycles. The number of urea groups is 1. The summed E-state index contributed by atoms with van der Waals surface area (Å²) in [5.41, 5.74) is 4.77. The molecule has 1 aromatic rings. The smallest absolute Gasteiger partial charge is 0.338 e. The molecule has 0 radical (unpaired) electrons. The highest BCUT2D eigenvalue weighted by Crippen LogP contribution is 2.27. The van der Waals surface area contributed by atoms with Crippen molar-refractivity contribution >= 4 is 27.9 Å². The van der Waals surface area contributed by atoms with Crippen molar-refractivity contribution in [2.24, 2.45) is 17.6 Å². The molecule has 1 heterocycles. The Hall–Kier alpha value is -2.46. The van der Waals surface area contributed by atoms with E-state index in [-0.39, 0.29) is 22.3 Å². The van der Waals surface area contributed by atoms with E-state index < -0.39 is 34.5 Å². The van der Waals surface area contributed by atoms with E-state index in [0.717, 1.165) is 6.42 Å². The van der Waals surface area contributed by atoms with Crippen molar-refractivity contribution in [3.05, 3.63) is 29.8 Å². The molecular formula is C17H23N3O6S. The molecule has 1 saturated heterocycles. The Balaban J connectivity index is 2.13. The van der Waals surface area contributed by atoms with E-state index in [1.807, 2.05) is 13.8 Å². The molecule has 1 aromatic carbocycles. The number of hydrogen-bond donors (Lipinski definition) is 2. The van der Waals surface area contributed by atoms with Crippen LogP contribution in [0.5, 0.6) is 0 Å². The van der Waals surface area contributed by atoms with Gasteiger partial charge in [-0.2, -0.15) is 4.31 Å². The number of ether oxygens (including phenoxy) is 1. The van der Waals surface area contributed by atoms with E-state index in [2.05, 4.69) is 0 Å². The Labute approximate surface area is 157 Å². The molecule has 3 N–H and O–H groups in total. The van der Waals surface area contributed by atoms with E-state index in [4.69, 9.17) is 10.5 Å². The van der Waals surface area contributed by atoms with Crippen molar-refractivity contribution in [1.82, 2.24) is 9.62 Å². The number of primary amides is 1. The Morgan fingerprint density at radius 2 is 1.85 bits per heavy atom. The summed E-state index contributed by atoms with van der Waals surface area (Å²) in [7, 11) is -3.75. The van der Waals surface area contributed by atoms with E-state index in [1.165, 1.54) is 28.6 Å². The molecule has 0 saturated carbocycles. The van der Waals surface area contributed by atoms with E-state index in [1.54, 1.807) is 5.32 Å². The summed E-state index contributed by atoms with van der Waals surface area (Å²) in [5, 5.41) is 1.76. The third-order valence-electron chi connectivity index (χ3n) is 4.14. The molecule has 0 aromatic heterocycles. The van der Waals surface area contributed by atoms with Gasteiger partial charge in [-0.3, -0.25) is 10.1 Å². The average Bonchev–Trinajstić information content (AvgIpc) is 2.58. The quantitative estimate of drug-likeness (QED) is 0.702. The fraction of sp³-hybridized carbons (Fsp3) is 0.471. The lowest BCUT2D eigenvalue weighted by molar-refractivity contribution is -0.123. The number of esters is 1. The lowest BCUT2D eigenvalue weighted by Gasteiger charge is -2.34. The Kier molecular flexibility index (Phi) is 6.55. The summed E-state index contributed by atoms with van der Waals surface area (Å²) in [4.78, 5) is 33.9. The highest BCUT2D eigenvalue weighted by atomic mass is 32.2. The van der Waals surface area contributed by atoms with Gasteiger partial charge in [0.1, 0.15) is 0 Å². The lowest BCUT2D eigenvalue weighted by atomic mass is 9.94. The molecule has 1 aliphatic rings. The zero-order chi connectivity index (χ0) is 20.2. The van der Waals surface area contributed by atoms with E-state index >= 15 is 0 Å². The Bertz CT molecular complexity index is 829. The van der Waals surface area contributed by atoms with Gasteiger partial charge in [0.25, 0.3) is 5.91 Å². The number of benzene rings is 1. The topological polar surface area (TPSA) is 136 Å². The number of sulfonamides is 1. The Morgan fingerprint density at radius 3 is 2.44 bits per heavy atom. The molecule has 0 spiro atoms. The molecular weight excluding hydrogens is 374 g/mol. The first-order chi connectivity index (χ1) is 12.6. The fourth-order valence-electron chi connectivity index (χ4n) is 3.12. The molecule has 2 rings (SSSR count). The normalized spacial score (nSPS) is 20.7. The zero-order valence-corrected chi connectivity index (χ0v) is 16.0. The monoisotopic (exact) mass is 397 g/mol. The van der Waals surface area contributed by atoms with Crippen LogP contribution in [0.15, 0.2) is 29.2 Å².